The van der Waals surface area contributed by atoms with Gasteiger partial charge in [0, 0.05) is 35.3 Å². The number of anilines is 2. The van der Waals surface area contributed by atoms with Crippen LogP contribution in [0.5, 0.6) is 5.75 Å². The molecule has 4 rings (SSSR count). The minimum Gasteiger partial charge on any atom is -0.495 e. The normalized spacial score (nSPS) is 11.4. The van der Waals surface area contributed by atoms with E-state index in [1.165, 1.54) is 25.3 Å². The number of rotatable bonds is 6. The Bertz CT molecular complexity index is 1480. The number of sulfonamides is 1. The van der Waals surface area contributed by atoms with Crippen LogP contribution < -0.4 is 14.8 Å². The second kappa shape index (κ2) is 9.01. The molecule has 0 radical (unpaired) electrons. The molecule has 0 aliphatic rings. The van der Waals surface area contributed by atoms with E-state index in [0.717, 1.165) is 0 Å². The monoisotopic (exact) mass is 506 g/mol. The Morgan fingerprint density at radius 1 is 1.09 bits per heavy atom. The summed E-state index contributed by atoms with van der Waals surface area (Å²) in [6.45, 7) is 0. The van der Waals surface area contributed by atoms with Gasteiger partial charge in [0.25, 0.3) is 10.0 Å². The number of fused-ring (bicyclic) bond motifs is 1. The van der Waals surface area contributed by atoms with Crippen molar-refractivity contribution < 1.29 is 17.5 Å². The number of hydrogen-bond acceptors (Lipinski definition) is 6. The van der Waals surface area contributed by atoms with Gasteiger partial charge in [0.15, 0.2) is 5.82 Å². The van der Waals surface area contributed by atoms with Crippen molar-refractivity contribution in [3.05, 3.63) is 70.6 Å². The van der Waals surface area contributed by atoms with Crippen molar-refractivity contribution in [2.75, 3.05) is 24.2 Å². The lowest BCUT2D eigenvalue weighted by Crippen LogP contribution is -2.15. The molecule has 1 heterocycles. The van der Waals surface area contributed by atoms with Gasteiger partial charge in [-0.05, 0) is 29.8 Å². The molecule has 7 nitrogen and oxygen atoms in total. The van der Waals surface area contributed by atoms with E-state index in [-0.39, 0.29) is 31.9 Å². The van der Waals surface area contributed by atoms with Gasteiger partial charge in [-0.25, -0.2) is 22.8 Å². The first-order valence-electron chi connectivity index (χ1n) is 9.53. The van der Waals surface area contributed by atoms with E-state index >= 15 is 4.39 Å². The number of hydrogen-bond donors (Lipinski definition) is 2. The molecule has 0 atom stereocenters. The molecule has 170 valence electrons. The Kier molecular flexibility index (Phi) is 6.29. The fourth-order valence-electron chi connectivity index (χ4n) is 3.24. The molecule has 2 N–H and O–H groups in total. The lowest BCUT2D eigenvalue weighted by molar-refractivity contribution is 0.413. The molecular weight excluding hydrogens is 490 g/mol. The molecule has 0 bridgehead atoms. The van der Waals surface area contributed by atoms with Crippen molar-refractivity contribution in [3.8, 4) is 16.9 Å². The number of nitrogens with zero attached hydrogens (tertiary/aromatic N) is 2. The smallest absolute Gasteiger partial charge is 0.263 e. The molecule has 0 fully saturated rings. The van der Waals surface area contributed by atoms with E-state index in [1.54, 1.807) is 43.6 Å². The van der Waals surface area contributed by atoms with E-state index in [2.05, 4.69) is 20.0 Å². The van der Waals surface area contributed by atoms with Crippen LogP contribution >= 0.6 is 23.2 Å². The molecule has 0 spiro atoms. The second-order valence-corrected chi connectivity index (χ2v) is 9.38. The van der Waals surface area contributed by atoms with E-state index in [1.807, 2.05) is 0 Å². The van der Waals surface area contributed by atoms with Crippen LogP contribution in [0.25, 0.3) is 22.0 Å². The van der Waals surface area contributed by atoms with Crippen LogP contribution in [0.15, 0.2) is 59.6 Å². The quantitative estimate of drug-likeness (QED) is 0.353. The Hall–Kier alpha value is -3.14. The van der Waals surface area contributed by atoms with Crippen LogP contribution in [0.2, 0.25) is 10.0 Å². The SMILES string of the molecule is CNc1ncc2cc(-c3cccc(NS(=O)(=O)c4cc(Cl)cc(OC)c4Cl)c3F)ccc2n1. The van der Waals surface area contributed by atoms with E-state index in [4.69, 9.17) is 27.9 Å². The summed E-state index contributed by atoms with van der Waals surface area (Å²) in [5, 5.41) is 3.50. The molecule has 11 heteroatoms. The zero-order valence-corrected chi connectivity index (χ0v) is 19.7. The number of ether oxygens (including phenoxy) is 1. The second-order valence-electron chi connectivity index (χ2n) is 6.91. The summed E-state index contributed by atoms with van der Waals surface area (Å²) in [6.07, 6.45) is 1.62. The van der Waals surface area contributed by atoms with Crippen molar-refractivity contribution >= 4 is 55.8 Å². The average molecular weight is 507 g/mol. The molecule has 33 heavy (non-hydrogen) atoms. The van der Waals surface area contributed by atoms with Gasteiger partial charge >= 0.3 is 0 Å². The summed E-state index contributed by atoms with van der Waals surface area (Å²) < 4.78 is 48.7. The van der Waals surface area contributed by atoms with Crippen LogP contribution in [-0.2, 0) is 10.0 Å². The van der Waals surface area contributed by atoms with Crippen molar-refractivity contribution in [2.24, 2.45) is 0 Å². The zero-order chi connectivity index (χ0) is 23.8. The number of benzene rings is 3. The Morgan fingerprint density at radius 2 is 1.88 bits per heavy atom. The van der Waals surface area contributed by atoms with Gasteiger partial charge in [-0.2, -0.15) is 0 Å². The maximum atomic E-state index is 15.4. The summed E-state index contributed by atoms with van der Waals surface area (Å²) in [6, 6.07) is 12.1. The van der Waals surface area contributed by atoms with Crippen molar-refractivity contribution in [1.29, 1.82) is 0 Å². The highest BCUT2D eigenvalue weighted by atomic mass is 35.5. The number of aromatic nitrogens is 2. The zero-order valence-electron chi connectivity index (χ0n) is 17.4. The molecule has 4 aromatic rings. The first-order valence-corrected chi connectivity index (χ1v) is 11.8. The fraction of sp³-hybridized carbons (Fsp3) is 0.0909. The third kappa shape index (κ3) is 4.52. The van der Waals surface area contributed by atoms with Crippen molar-refractivity contribution in [2.45, 2.75) is 4.90 Å². The number of nitrogens with one attached hydrogen (secondary N) is 2. The van der Waals surface area contributed by atoms with Crippen LogP contribution in [0.3, 0.4) is 0 Å². The molecule has 0 aliphatic carbocycles. The van der Waals surface area contributed by atoms with Gasteiger partial charge in [0.05, 0.1) is 18.3 Å². The average Bonchev–Trinajstić information content (AvgIpc) is 2.80. The summed E-state index contributed by atoms with van der Waals surface area (Å²) in [5.41, 5.74) is 1.16. The Morgan fingerprint density at radius 3 is 2.61 bits per heavy atom. The lowest BCUT2D eigenvalue weighted by atomic mass is 10.0. The highest BCUT2D eigenvalue weighted by molar-refractivity contribution is 7.92. The minimum atomic E-state index is -4.28. The van der Waals surface area contributed by atoms with E-state index in [0.29, 0.717) is 22.4 Å². The topological polar surface area (TPSA) is 93.2 Å². The van der Waals surface area contributed by atoms with Crippen LogP contribution in [0.4, 0.5) is 16.0 Å². The standard InChI is InChI=1S/C22H17Cl2FN4O3S/c1-26-22-27-11-13-8-12(6-7-16(13)28-22)15-4-3-5-17(21(15)25)29-33(30,31)19-10-14(23)9-18(32-2)20(19)24/h3-11,29H,1-2H3,(H,26,27,28). The van der Waals surface area contributed by atoms with Crippen LogP contribution in [0.1, 0.15) is 0 Å². The predicted octanol–water partition coefficient (Wildman–Crippen LogP) is 5.59. The number of methoxy groups -OCH3 is 1. The molecule has 0 amide bonds. The maximum Gasteiger partial charge on any atom is 0.263 e. The molecule has 0 aliphatic heterocycles. The third-order valence-electron chi connectivity index (χ3n) is 4.84. The predicted molar refractivity (Wildman–Crippen MR) is 128 cm³/mol. The fourth-order valence-corrected chi connectivity index (χ4v) is 5.18. The third-order valence-corrected chi connectivity index (χ3v) is 6.95. The van der Waals surface area contributed by atoms with E-state index < -0.39 is 15.8 Å². The molecule has 0 unspecified atom stereocenters. The van der Waals surface area contributed by atoms with Gasteiger partial charge < -0.3 is 10.1 Å². The summed E-state index contributed by atoms with van der Waals surface area (Å²) in [7, 11) is -1.23. The van der Waals surface area contributed by atoms with Gasteiger partial charge in [0.1, 0.15) is 15.7 Å². The molecule has 3 aromatic carbocycles. The summed E-state index contributed by atoms with van der Waals surface area (Å²) >= 11 is 12.2. The van der Waals surface area contributed by atoms with E-state index in [9.17, 15) is 8.42 Å². The Balaban J connectivity index is 1.74. The van der Waals surface area contributed by atoms with Gasteiger partial charge in [-0.15, -0.1) is 0 Å². The highest BCUT2D eigenvalue weighted by Crippen LogP contribution is 2.36. The van der Waals surface area contributed by atoms with Crippen molar-refractivity contribution in [1.82, 2.24) is 9.97 Å². The minimum absolute atomic E-state index is 0.0820. The molecular formula is C22H17Cl2FN4O3S. The van der Waals surface area contributed by atoms with Gasteiger partial charge in [0.2, 0.25) is 5.95 Å². The first kappa shape index (κ1) is 23.0. The largest absolute Gasteiger partial charge is 0.495 e. The van der Waals surface area contributed by atoms with Gasteiger partial charge in [-0.3, -0.25) is 4.72 Å². The van der Waals surface area contributed by atoms with Crippen LogP contribution in [-0.4, -0.2) is 32.5 Å². The molecule has 1 aromatic heterocycles. The summed E-state index contributed by atoms with van der Waals surface area (Å²) in [5.74, 6) is -0.203. The highest BCUT2D eigenvalue weighted by Gasteiger charge is 2.24. The lowest BCUT2D eigenvalue weighted by Gasteiger charge is -2.14. The van der Waals surface area contributed by atoms with Crippen molar-refractivity contribution in [3.63, 3.8) is 0 Å². The molecule has 0 saturated heterocycles. The summed E-state index contributed by atoms with van der Waals surface area (Å²) in [4.78, 5) is 8.18. The van der Waals surface area contributed by atoms with Gasteiger partial charge in [-0.1, -0.05) is 41.4 Å². The number of halogens is 3. The van der Waals surface area contributed by atoms with Crippen LogP contribution in [0, 0.1) is 5.82 Å². The molecule has 0 saturated carbocycles. The Labute approximate surface area is 199 Å². The first-order chi connectivity index (χ1) is 15.7. The maximum absolute atomic E-state index is 15.4.